The fourth-order valence-electron chi connectivity index (χ4n) is 0.980. The number of nitrogens with one attached hydrogen (secondary N) is 1. The zero-order chi connectivity index (χ0) is 9.72. The Morgan fingerprint density at radius 2 is 1.92 bits per heavy atom. The second-order valence-corrected chi connectivity index (χ2v) is 3.85. The van der Waals surface area contributed by atoms with Crippen molar-refractivity contribution in [3.05, 3.63) is 12.2 Å². The molecule has 0 aliphatic carbocycles. The van der Waals surface area contributed by atoms with Crippen molar-refractivity contribution < 1.29 is 0 Å². The molecule has 0 bridgehead atoms. The molecule has 0 rings (SSSR count). The summed E-state index contributed by atoms with van der Waals surface area (Å²) in [4.78, 5) is 0. The molecule has 2 heteroatoms. The van der Waals surface area contributed by atoms with Gasteiger partial charge in [-0.3, -0.25) is 0 Å². The number of hydrogen-bond donors (Lipinski definition) is 2. The topological polar surface area (TPSA) is 38.0 Å². The molecule has 3 N–H and O–H groups in total. The lowest BCUT2D eigenvalue weighted by Crippen LogP contribution is -2.36. The highest BCUT2D eigenvalue weighted by molar-refractivity contribution is 5.03. The average molecular weight is 170 g/mol. The van der Waals surface area contributed by atoms with E-state index in [0.29, 0.717) is 11.8 Å². The van der Waals surface area contributed by atoms with Gasteiger partial charge in [0.05, 0.1) is 6.17 Å². The van der Waals surface area contributed by atoms with Crippen LogP contribution in [0.15, 0.2) is 12.2 Å². The predicted octanol–water partition coefficient (Wildman–Crippen LogP) is 1.73. The molecular formula is C10H22N2. The summed E-state index contributed by atoms with van der Waals surface area (Å²) in [6.45, 7) is 10.6. The van der Waals surface area contributed by atoms with Gasteiger partial charge in [-0.15, -0.1) is 0 Å². The van der Waals surface area contributed by atoms with Gasteiger partial charge in [-0.25, -0.2) is 0 Å². The predicted molar refractivity (Wildman–Crippen MR) is 54.8 cm³/mol. The molecule has 0 aliphatic rings. The molecule has 0 amide bonds. The van der Waals surface area contributed by atoms with E-state index in [0.717, 1.165) is 12.0 Å². The van der Waals surface area contributed by atoms with Gasteiger partial charge >= 0.3 is 0 Å². The SMILES string of the molecule is C=C(CC(C)C(C)C)C(N)NC. The summed E-state index contributed by atoms with van der Waals surface area (Å²) < 4.78 is 0. The second-order valence-electron chi connectivity index (χ2n) is 3.85. The van der Waals surface area contributed by atoms with Crippen molar-refractivity contribution >= 4 is 0 Å². The van der Waals surface area contributed by atoms with Crippen LogP contribution < -0.4 is 11.1 Å². The van der Waals surface area contributed by atoms with Crippen LogP contribution in [0.1, 0.15) is 27.2 Å². The molecular weight excluding hydrogens is 148 g/mol. The maximum absolute atomic E-state index is 5.75. The summed E-state index contributed by atoms with van der Waals surface area (Å²) in [6, 6.07) is 0. The van der Waals surface area contributed by atoms with Crippen molar-refractivity contribution in [3.63, 3.8) is 0 Å². The molecule has 72 valence electrons. The van der Waals surface area contributed by atoms with Gasteiger partial charge in [-0.2, -0.15) is 0 Å². The Morgan fingerprint density at radius 3 is 2.25 bits per heavy atom. The largest absolute Gasteiger partial charge is 0.312 e. The molecule has 2 atom stereocenters. The van der Waals surface area contributed by atoms with Gasteiger partial charge in [0.1, 0.15) is 0 Å². The van der Waals surface area contributed by atoms with Crippen LogP contribution in [0.2, 0.25) is 0 Å². The minimum atomic E-state index is -0.0498. The van der Waals surface area contributed by atoms with Crippen molar-refractivity contribution in [2.45, 2.75) is 33.4 Å². The van der Waals surface area contributed by atoms with Gasteiger partial charge in [0.25, 0.3) is 0 Å². The molecule has 0 aromatic rings. The lowest BCUT2D eigenvalue weighted by Gasteiger charge is -2.20. The highest BCUT2D eigenvalue weighted by Gasteiger charge is 2.11. The Hall–Kier alpha value is -0.340. The standard InChI is InChI=1S/C10H22N2/c1-7(2)8(3)6-9(4)10(11)12-5/h7-8,10,12H,4,6,11H2,1-3,5H3. The minimum absolute atomic E-state index is 0.0498. The molecule has 2 nitrogen and oxygen atoms in total. The molecule has 12 heavy (non-hydrogen) atoms. The average Bonchev–Trinajstić information content (AvgIpc) is 2.02. The van der Waals surface area contributed by atoms with Crippen LogP contribution in [-0.4, -0.2) is 13.2 Å². The molecule has 0 aliphatic heterocycles. The van der Waals surface area contributed by atoms with E-state index in [2.05, 4.69) is 32.7 Å². The molecule has 0 fully saturated rings. The monoisotopic (exact) mass is 170 g/mol. The van der Waals surface area contributed by atoms with E-state index in [9.17, 15) is 0 Å². The maximum atomic E-state index is 5.75. The third kappa shape index (κ3) is 3.88. The van der Waals surface area contributed by atoms with Gasteiger partial charge in [0.15, 0.2) is 0 Å². The molecule has 0 radical (unpaired) electrons. The third-order valence-electron chi connectivity index (χ3n) is 2.47. The van der Waals surface area contributed by atoms with Crippen LogP contribution in [-0.2, 0) is 0 Å². The normalized spacial score (nSPS) is 16.2. The summed E-state index contributed by atoms with van der Waals surface area (Å²) in [6.07, 6.45) is 0.964. The van der Waals surface area contributed by atoms with Crippen molar-refractivity contribution in [1.29, 1.82) is 0 Å². The molecule has 0 aromatic carbocycles. The van der Waals surface area contributed by atoms with E-state index in [1.807, 2.05) is 7.05 Å². The van der Waals surface area contributed by atoms with Gasteiger partial charge in [0, 0.05) is 0 Å². The molecule has 2 unspecified atom stereocenters. The van der Waals surface area contributed by atoms with Gasteiger partial charge < -0.3 is 11.1 Å². The van der Waals surface area contributed by atoms with E-state index in [-0.39, 0.29) is 6.17 Å². The van der Waals surface area contributed by atoms with Crippen LogP contribution in [0.25, 0.3) is 0 Å². The summed E-state index contributed by atoms with van der Waals surface area (Å²) >= 11 is 0. The lowest BCUT2D eigenvalue weighted by molar-refractivity contribution is 0.404. The Bertz CT molecular complexity index is 141. The van der Waals surface area contributed by atoms with Crippen molar-refractivity contribution in [3.8, 4) is 0 Å². The first-order valence-electron chi connectivity index (χ1n) is 4.59. The van der Waals surface area contributed by atoms with Crippen molar-refractivity contribution in [2.24, 2.45) is 17.6 Å². The van der Waals surface area contributed by atoms with E-state index >= 15 is 0 Å². The summed E-state index contributed by atoms with van der Waals surface area (Å²) in [5, 5.41) is 2.99. The summed E-state index contributed by atoms with van der Waals surface area (Å²) in [5.74, 6) is 1.36. The highest BCUT2D eigenvalue weighted by Crippen LogP contribution is 2.18. The Balaban J connectivity index is 3.84. The van der Waals surface area contributed by atoms with E-state index < -0.39 is 0 Å². The fourth-order valence-corrected chi connectivity index (χ4v) is 0.980. The third-order valence-corrected chi connectivity index (χ3v) is 2.47. The molecule has 0 saturated carbocycles. The first-order chi connectivity index (χ1) is 5.49. The summed E-state index contributed by atoms with van der Waals surface area (Å²) in [7, 11) is 1.86. The first kappa shape index (κ1) is 11.7. The van der Waals surface area contributed by atoms with E-state index in [4.69, 9.17) is 5.73 Å². The van der Waals surface area contributed by atoms with Crippen molar-refractivity contribution in [1.82, 2.24) is 5.32 Å². The van der Waals surface area contributed by atoms with E-state index in [1.165, 1.54) is 0 Å². The molecule has 0 heterocycles. The van der Waals surface area contributed by atoms with Crippen LogP contribution in [0.4, 0.5) is 0 Å². The number of nitrogens with two attached hydrogens (primary N) is 1. The number of likely N-dealkylation sites (N-methyl/N-ethyl adjacent to an activating group) is 1. The first-order valence-corrected chi connectivity index (χ1v) is 4.59. The Morgan fingerprint density at radius 1 is 1.42 bits per heavy atom. The Labute approximate surface area is 76.2 Å². The number of hydrogen-bond acceptors (Lipinski definition) is 2. The quantitative estimate of drug-likeness (QED) is 0.487. The molecule has 0 aromatic heterocycles. The smallest absolute Gasteiger partial charge is 0.0763 e. The highest BCUT2D eigenvalue weighted by atomic mass is 15.0. The molecule has 0 saturated heterocycles. The zero-order valence-electron chi connectivity index (χ0n) is 8.72. The maximum Gasteiger partial charge on any atom is 0.0763 e. The minimum Gasteiger partial charge on any atom is -0.312 e. The van der Waals surface area contributed by atoms with Gasteiger partial charge in [-0.05, 0) is 30.9 Å². The van der Waals surface area contributed by atoms with E-state index in [1.54, 1.807) is 0 Å². The van der Waals surface area contributed by atoms with Crippen LogP contribution in [0.5, 0.6) is 0 Å². The molecule has 0 spiro atoms. The van der Waals surface area contributed by atoms with Gasteiger partial charge in [0.2, 0.25) is 0 Å². The Kier molecular flexibility index (Phi) is 5.18. The van der Waals surface area contributed by atoms with Crippen LogP contribution >= 0.6 is 0 Å². The second kappa shape index (κ2) is 5.33. The zero-order valence-corrected chi connectivity index (χ0v) is 8.72. The van der Waals surface area contributed by atoms with Crippen LogP contribution in [0, 0.1) is 11.8 Å². The fraction of sp³-hybridized carbons (Fsp3) is 0.800. The summed E-state index contributed by atoms with van der Waals surface area (Å²) in [5.41, 5.74) is 6.85. The van der Waals surface area contributed by atoms with Crippen molar-refractivity contribution in [2.75, 3.05) is 7.05 Å². The number of rotatable bonds is 5. The van der Waals surface area contributed by atoms with Gasteiger partial charge in [-0.1, -0.05) is 27.4 Å². The van der Waals surface area contributed by atoms with Crippen LogP contribution in [0.3, 0.4) is 0 Å². The lowest BCUT2D eigenvalue weighted by atomic mass is 9.91.